The van der Waals surface area contributed by atoms with E-state index in [1.807, 2.05) is 11.9 Å². The lowest BCUT2D eigenvalue weighted by atomic mass is 9.69. The van der Waals surface area contributed by atoms with Gasteiger partial charge in [-0.25, -0.2) is 4.79 Å². The molecule has 2 amide bonds. The molecule has 1 aliphatic carbocycles. The smallest absolute Gasteiger partial charge is 0.317 e. The van der Waals surface area contributed by atoms with Crippen LogP contribution in [0, 0.1) is 0 Å². The van der Waals surface area contributed by atoms with Crippen LogP contribution in [0.2, 0.25) is 0 Å². The van der Waals surface area contributed by atoms with Crippen molar-refractivity contribution in [2.45, 2.75) is 36.8 Å². The molecule has 1 spiro atoms. The van der Waals surface area contributed by atoms with Crippen LogP contribution >= 0.6 is 0 Å². The first kappa shape index (κ1) is 14.4. The van der Waals surface area contributed by atoms with Crippen LogP contribution in [-0.4, -0.2) is 49.1 Å². The van der Waals surface area contributed by atoms with Gasteiger partial charge >= 0.3 is 6.03 Å². The Morgan fingerprint density at radius 1 is 1.10 bits per heavy atom. The molecular formula is C17H25N3O. The number of hydrogen-bond acceptors (Lipinski definition) is 2. The van der Waals surface area contributed by atoms with Gasteiger partial charge in [0.05, 0.1) is 5.54 Å². The molecule has 4 heteroatoms. The maximum Gasteiger partial charge on any atom is 0.317 e. The van der Waals surface area contributed by atoms with Gasteiger partial charge in [-0.15, -0.1) is 0 Å². The van der Waals surface area contributed by atoms with E-state index in [-0.39, 0.29) is 17.1 Å². The Morgan fingerprint density at radius 3 is 2.19 bits per heavy atom. The molecule has 0 atom stereocenters. The maximum absolute atomic E-state index is 11.8. The van der Waals surface area contributed by atoms with Gasteiger partial charge in [0.25, 0.3) is 0 Å². The first-order chi connectivity index (χ1) is 9.97. The normalized spacial score (nSPS) is 32.8. The summed E-state index contributed by atoms with van der Waals surface area (Å²) < 4.78 is 0. The number of rotatable bonds is 2. The van der Waals surface area contributed by atoms with Crippen molar-refractivity contribution in [3.63, 3.8) is 0 Å². The minimum Gasteiger partial charge on any atom is -0.331 e. The summed E-state index contributed by atoms with van der Waals surface area (Å²) in [6.45, 7) is 0.837. The van der Waals surface area contributed by atoms with Gasteiger partial charge in [0.2, 0.25) is 0 Å². The number of carbonyl (C=O) groups excluding carboxylic acids is 1. The first-order valence-electron chi connectivity index (χ1n) is 7.74. The highest BCUT2D eigenvalue weighted by Gasteiger charge is 2.49. The molecule has 1 heterocycles. The highest BCUT2D eigenvalue weighted by molar-refractivity contribution is 5.77. The summed E-state index contributed by atoms with van der Waals surface area (Å²) >= 11 is 0. The number of carbonyl (C=O) groups is 1. The molecule has 114 valence electrons. The van der Waals surface area contributed by atoms with Crippen LogP contribution in [0.4, 0.5) is 4.79 Å². The van der Waals surface area contributed by atoms with Gasteiger partial charge in [-0.2, -0.15) is 0 Å². The van der Waals surface area contributed by atoms with Gasteiger partial charge in [-0.05, 0) is 45.3 Å². The third kappa shape index (κ3) is 2.31. The lowest BCUT2D eigenvalue weighted by Crippen LogP contribution is -2.53. The maximum atomic E-state index is 11.8. The van der Waals surface area contributed by atoms with Crippen molar-refractivity contribution in [2.75, 3.05) is 27.7 Å². The number of benzene rings is 1. The van der Waals surface area contributed by atoms with Crippen LogP contribution in [-0.2, 0) is 5.54 Å². The second-order valence-electron chi connectivity index (χ2n) is 6.86. The van der Waals surface area contributed by atoms with Crippen molar-refractivity contribution in [1.82, 2.24) is 15.1 Å². The molecule has 1 saturated carbocycles. The Morgan fingerprint density at radius 2 is 1.71 bits per heavy atom. The van der Waals surface area contributed by atoms with Crippen LogP contribution in [0.15, 0.2) is 30.3 Å². The van der Waals surface area contributed by atoms with Crippen molar-refractivity contribution < 1.29 is 4.79 Å². The fraction of sp³-hybridized carbons (Fsp3) is 0.588. The Labute approximate surface area is 127 Å². The number of hydrogen-bond donors (Lipinski definition) is 1. The van der Waals surface area contributed by atoms with Gasteiger partial charge in [-0.3, -0.25) is 4.90 Å². The van der Waals surface area contributed by atoms with Crippen LogP contribution in [0.3, 0.4) is 0 Å². The van der Waals surface area contributed by atoms with E-state index in [0.717, 1.165) is 32.2 Å². The molecule has 1 N–H and O–H groups in total. The summed E-state index contributed by atoms with van der Waals surface area (Å²) in [7, 11) is 6.23. The van der Waals surface area contributed by atoms with E-state index in [9.17, 15) is 4.79 Å². The van der Waals surface area contributed by atoms with Crippen LogP contribution < -0.4 is 5.32 Å². The average Bonchev–Trinajstić information content (AvgIpc) is 2.75. The van der Waals surface area contributed by atoms with Crippen LogP contribution in [0.25, 0.3) is 0 Å². The molecule has 0 aromatic heterocycles. The molecule has 1 aromatic rings. The Hall–Kier alpha value is -1.55. The summed E-state index contributed by atoms with van der Waals surface area (Å²) in [5.74, 6) is 0. The number of nitrogens with zero attached hydrogens (tertiary/aromatic N) is 2. The fourth-order valence-corrected chi connectivity index (χ4v) is 4.06. The molecule has 1 saturated heterocycles. The number of amides is 2. The van der Waals surface area contributed by atoms with Crippen LogP contribution in [0.1, 0.15) is 31.2 Å². The van der Waals surface area contributed by atoms with Gasteiger partial charge in [0.15, 0.2) is 0 Å². The van der Waals surface area contributed by atoms with E-state index in [2.05, 4.69) is 54.6 Å². The first-order valence-corrected chi connectivity index (χ1v) is 7.74. The predicted molar refractivity (Wildman–Crippen MR) is 84.2 cm³/mol. The SMILES string of the molecule is CN1C[C@]2(CC[C@](c3ccccc3)(N(C)C)CC2)NC1=O. The zero-order valence-corrected chi connectivity index (χ0v) is 13.2. The second kappa shape index (κ2) is 5.02. The van der Waals surface area contributed by atoms with Crippen molar-refractivity contribution in [1.29, 1.82) is 0 Å². The molecular weight excluding hydrogens is 262 g/mol. The molecule has 0 radical (unpaired) electrons. The minimum absolute atomic E-state index is 0.0138. The van der Waals surface area contributed by atoms with Crippen molar-refractivity contribution >= 4 is 6.03 Å². The Kier molecular flexibility index (Phi) is 3.44. The van der Waals surface area contributed by atoms with E-state index >= 15 is 0 Å². The van der Waals surface area contributed by atoms with E-state index in [1.165, 1.54) is 5.56 Å². The molecule has 2 aliphatic rings. The molecule has 4 nitrogen and oxygen atoms in total. The van der Waals surface area contributed by atoms with Gasteiger partial charge in [-0.1, -0.05) is 30.3 Å². The summed E-state index contributed by atoms with van der Waals surface area (Å²) in [6.07, 6.45) is 4.24. The third-order valence-electron chi connectivity index (χ3n) is 5.46. The number of nitrogens with one attached hydrogen (secondary N) is 1. The third-order valence-corrected chi connectivity index (χ3v) is 5.46. The van der Waals surface area contributed by atoms with Crippen molar-refractivity contribution in [3.8, 4) is 0 Å². The van der Waals surface area contributed by atoms with Gasteiger partial charge < -0.3 is 10.2 Å². The van der Waals surface area contributed by atoms with E-state index in [1.54, 1.807) is 0 Å². The van der Waals surface area contributed by atoms with Crippen molar-refractivity contribution in [3.05, 3.63) is 35.9 Å². The number of urea groups is 1. The zero-order valence-electron chi connectivity index (χ0n) is 13.2. The summed E-state index contributed by atoms with van der Waals surface area (Å²) in [4.78, 5) is 16.0. The lowest BCUT2D eigenvalue weighted by Gasteiger charge is -2.48. The molecule has 1 aromatic carbocycles. The standard InChI is InChI=1S/C17H25N3O/c1-19(2)17(14-7-5-4-6-8-14)11-9-16(10-12-17)13-20(3)15(21)18-16/h4-8H,9-13H2,1-3H3,(H,18,21)/t16-,17+. The Balaban J connectivity index is 1.83. The summed E-state index contributed by atoms with van der Waals surface area (Å²) in [6, 6.07) is 10.9. The van der Waals surface area contributed by atoms with Crippen molar-refractivity contribution in [2.24, 2.45) is 0 Å². The quantitative estimate of drug-likeness (QED) is 0.906. The molecule has 0 bridgehead atoms. The molecule has 3 rings (SSSR count). The Bertz CT molecular complexity index is 518. The minimum atomic E-state index is -0.0138. The van der Waals surface area contributed by atoms with Gasteiger partial charge in [0, 0.05) is 19.1 Å². The largest absolute Gasteiger partial charge is 0.331 e. The molecule has 0 unspecified atom stereocenters. The monoisotopic (exact) mass is 287 g/mol. The van der Waals surface area contributed by atoms with E-state index < -0.39 is 0 Å². The van der Waals surface area contributed by atoms with Gasteiger partial charge in [0.1, 0.15) is 0 Å². The van der Waals surface area contributed by atoms with Crippen LogP contribution in [0.5, 0.6) is 0 Å². The lowest BCUT2D eigenvalue weighted by molar-refractivity contribution is 0.0627. The van der Waals surface area contributed by atoms with E-state index in [4.69, 9.17) is 0 Å². The fourth-order valence-electron chi connectivity index (χ4n) is 4.06. The second-order valence-corrected chi connectivity index (χ2v) is 6.86. The highest BCUT2D eigenvalue weighted by atomic mass is 16.2. The molecule has 2 fully saturated rings. The molecule has 21 heavy (non-hydrogen) atoms. The predicted octanol–water partition coefficient (Wildman–Crippen LogP) is 2.41. The van der Waals surface area contributed by atoms with E-state index in [0.29, 0.717) is 0 Å². The average molecular weight is 287 g/mol. The summed E-state index contributed by atoms with van der Waals surface area (Å²) in [5.41, 5.74) is 1.47. The highest BCUT2D eigenvalue weighted by Crippen LogP contribution is 2.45. The molecule has 1 aliphatic heterocycles. The topological polar surface area (TPSA) is 35.6 Å². The zero-order chi connectivity index (χ0) is 15.1. The number of likely N-dealkylation sites (N-methyl/N-ethyl adjacent to an activating group) is 1. The summed E-state index contributed by atoms with van der Waals surface area (Å²) in [5, 5.41) is 3.22.